The predicted octanol–water partition coefficient (Wildman–Crippen LogP) is 3.84. The number of carbonyl (C=O) groups excluding carboxylic acids is 1. The van der Waals surface area contributed by atoms with Gasteiger partial charge in [0.15, 0.2) is 0 Å². The minimum Gasteiger partial charge on any atom is -0.450 e. The monoisotopic (exact) mass is 371 g/mol. The van der Waals surface area contributed by atoms with E-state index in [2.05, 4.69) is 39.4 Å². The molecule has 1 aromatic rings. The van der Waals surface area contributed by atoms with Crippen LogP contribution in [0.1, 0.15) is 52.4 Å². The van der Waals surface area contributed by atoms with Crippen LogP contribution in [0.25, 0.3) is 0 Å². The fourth-order valence-electron chi connectivity index (χ4n) is 6.17. The van der Waals surface area contributed by atoms with E-state index in [1.54, 1.807) is 0 Å². The molecule has 0 aromatic heterocycles. The summed E-state index contributed by atoms with van der Waals surface area (Å²) in [5.74, 6) is 0. The van der Waals surface area contributed by atoms with Crippen molar-refractivity contribution >= 4 is 11.8 Å². The van der Waals surface area contributed by atoms with Crippen molar-refractivity contribution in [2.75, 3.05) is 31.6 Å². The van der Waals surface area contributed by atoms with Crippen molar-refractivity contribution in [2.45, 2.75) is 69.0 Å². The largest absolute Gasteiger partial charge is 0.450 e. The van der Waals surface area contributed by atoms with Gasteiger partial charge in [0.25, 0.3) is 0 Å². The van der Waals surface area contributed by atoms with Gasteiger partial charge in [-0.2, -0.15) is 0 Å². The molecule has 4 aliphatic rings. The molecule has 0 radical (unpaired) electrons. The fourth-order valence-corrected chi connectivity index (χ4v) is 6.17. The number of nitrogens with zero attached hydrogens (tertiary/aromatic N) is 2. The Hall–Kier alpha value is -1.75. The van der Waals surface area contributed by atoms with E-state index in [9.17, 15) is 4.79 Å². The summed E-state index contributed by atoms with van der Waals surface area (Å²) in [4.78, 5) is 17.1. The molecule has 2 bridgehead atoms. The van der Waals surface area contributed by atoms with Gasteiger partial charge in [0, 0.05) is 37.2 Å². The zero-order valence-electron chi connectivity index (χ0n) is 16.3. The first-order chi connectivity index (χ1) is 13.2. The molecule has 0 saturated carbocycles. The number of rotatable bonds is 2. The van der Waals surface area contributed by atoms with Gasteiger partial charge in [-0.15, -0.1) is 0 Å². The summed E-state index contributed by atoms with van der Waals surface area (Å²) in [6, 6.07) is 10.3. The number of hydrogen-bond acceptors (Lipinski definition) is 4. The third-order valence-corrected chi connectivity index (χ3v) is 7.57. The number of carbonyl (C=O) groups is 1. The molecule has 148 valence electrons. The summed E-state index contributed by atoms with van der Waals surface area (Å²) < 4.78 is 5.31. The number of ether oxygens (including phenoxy) is 1. The van der Waals surface area contributed by atoms with E-state index in [1.807, 2.05) is 6.92 Å². The predicted molar refractivity (Wildman–Crippen MR) is 108 cm³/mol. The van der Waals surface area contributed by atoms with E-state index in [-0.39, 0.29) is 7.52 Å². The maximum absolute atomic E-state index is 12.3. The number of fused-ring (bicyclic) bond motifs is 4. The summed E-state index contributed by atoms with van der Waals surface area (Å²) in [7, 11) is 0. The lowest BCUT2D eigenvalue weighted by atomic mass is 9.74. The van der Waals surface area contributed by atoms with E-state index in [0.717, 1.165) is 32.2 Å². The Morgan fingerprint density at radius 1 is 1.19 bits per heavy atom. The van der Waals surface area contributed by atoms with Gasteiger partial charge in [-0.25, -0.2) is 4.79 Å². The number of piperidine rings is 2. The molecule has 3 fully saturated rings. The highest BCUT2D eigenvalue weighted by Crippen LogP contribution is 2.45. The van der Waals surface area contributed by atoms with Crippen LogP contribution in [0.5, 0.6) is 0 Å². The maximum Gasteiger partial charge on any atom is 0.410 e. The second kappa shape index (κ2) is 6.69. The van der Waals surface area contributed by atoms with Crippen LogP contribution in [0, 0.1) is 0 Å². The fraction of sp³-hybridized carbons (Fsp3) is 0.682. The van der Waals surface area contributed by atoms with Crippen LogP contribution in [0.4, 0.5) is 10.5 Å². The highest BCUT2D eigenvalue weighted by Gasteiger charge is 2.47. The van der Waals surface area contributed by atoms with Crippen molar-refractivity contribution < 1.29 is 11.0 Å². The van der Waals surface area contributed by atoms with Crippen molar-refractivity contribution in [2.24, 2.45) is 0 Å². The molecule has 27 heavy (non-hydrogen) atoms. The van der Waals surface area contributed by atoms with Crippen molar-refractivity contribution in [1.29, 1.82) is 0 Å². The molecule has 1 spiro atoms. The van der Waals surface area contributed by atoms with Gasteiger partial charge in [-0.1, -0.05) is 18.2 Å². The van der Waals surface area contributed by atoms with Crippen LogP contribution in [0.3, 0.4) is 0 Å². The van der Waals surface area contributed by atoms with E-state index in [4.69, 9.17) is 4.74 Å². The van der Waals surface area contributed by atoms with Gasteiger partial charge >= 0.3 is 6.09 Å². The molecule has 0 aliphatic carbocycles. The zero-order chi connectivity index (χ0) is 18.4. The van der Waals surface area contributed by atoms with Crippen molar-refractivity contribution in [3.63, 3.8) is 0 Å². The van der Waals surface area contributed by atoms with Crippen LogP contribution in [-0.4, -0.2) is 60.3 Å². The maximum atomic E-state index is 12.3. The number of anilines is 1. The molecule has 2 unspecified atom stereocenters. The summed E-state index contributed by atoms with van der Waals surface area (Å²) >= 11 is 0. The number of amides is 1. The molecule has 1 aromatic carbocycles. The van der Waals surface area contributed by atoms with E-state index < -0.39 is 0 Å². The summed E-state index contributed by atoms with van der Waals surface area (Å²) in [5.41, 5.74) is 3.20. The second-order valence-corrected chi connectivity index (χ2v) is 8.83. The van der Waals surface area contributed by atoms with Gasteiger partial charge in [0.1, 0.15) is 0 Å². The average molecular weight is 372 g/mol. The first kappa shape index (κ1) is 17.4. The molecule has 1 N–H and O–H groups in total. The summed E-state index contributed by atoms with van der Waals surface area (Å²) in [6.07, 6.45) is 6.93. The van der Waals surface area contributed by atoms with E-state index in [1.165, 1.54) is 37.2 Å². The lowest BCUT2D eigenvalue weighted by Gasteiger charge is -2.47. The van der Waals surface area contributed by atoms with Crippen LogP contribution in [0.2, 0.25) is 0 Å². The number of hydrogen-bond donors (Lipinski definition) is 1. The Balaban J connectivity index is 0.00000192. The molecule has 5 nitrogen and oxygen atoms in total. The van der Waals surface area contributed by atoms with Crippen LogP contribution < -0.4 is 5.32 Å². The molecular formula is C22H33N3O2. The number of benzene rings is 1. The molecule has 5 heteroatoms. The smallest absolute Gasteiger partial charge is 0.410 e. The molecule has 1 amide bonds. The van der Waals surface area contributed by atoms with Gasteiger partial charge in [-0.3, -0.25) is 0 Å². The number of likely N-dealkylation sites (tertiary alicyclic amines) is 1. The van der Waals surface area contributed by atoms with E-state index >= 15 is 0 Å². The minimum absolute atomic E-state index is 0. The Kier molecular flexibility index (Phi) is 4.30. The molecule has 4 heterocycles. The molecule has 5 rings (SSSR count). The average Bonchev–Trinajstić information content (AvgIpc) is 3.18. The normalized spacial score (nSPS) is 31.6. The molecule has 2 atom stereocenters. The first-order valence-corrected chi connectivity index (χ1v) is 10.7. The van der Waals surface area contributed by atoms with E-state index in [0.29, 0.717) is 30.1 Å². The summed E-state index contributed by atoms with van der Waals surface area (Å²) in [5, 5.41) is 3.63. The Morgan fingerprint density at radius 3 is 2.59 bits per heavy atom. The third-order valence-electron chi connectivity index (χ3n) is 7.57. The molecule has 3 saturated heterocycles. The Labute approximate surface area is 163 Å². The lowest BCUT2D eigenvalue weighted by Crippen LogP contribution is -2.55. The Morgan fingerprint density at radius 2 is 1.89 bits per heavy atom. The van der Waals surface area contributed by atoms with Gasteiger partial charge in [0.2, 0.25) is 0 Å². The van der Waals surface area contributed by atoms with Crippen LogP contribution in [-0.2, 0) is 10.2 Å². The third kappa shape index (κ3) is 2.82. The Bertz CT molecular complexity index is 705. The summed E-state index contributed by atoms with van der Waals surface area (Å²) in [6.45, 7) is 5.82. The standard InChI is InChI=1S/C22H31N3O2.H2/c1-2-27-21(26)25-16-7-8-17(25)14-18(13-16)24-11-9-22(10-12-24)15-23-20-6-4-3-5-19(20)22;/h3-6,16-18,23H,2,7-15H2,1H3;1H. The quantitative estimate of drug-likeness (QED) is 0.858. The van der Waals surface area contributed by atoms with Gasteiger partial charge < -0.3 is 19.9 Å². The van der Waals surface area contributed by atoms with Crippen molar-refractivity contribution in [3.05, 3.63) is 29.8 Å². The van der Waals surface area contributed by atoms with Crippen molar-refractivity contribution in [3.8, 4) is 0 Å². The van der Waals surface area contributed by atoms with Crippen molar-refractivity contribution in [1.82, 2.24) is 9.80 Å². The first-order valence-electron chi connectivity index (χ1n) is 10.7. The highest BCUT2D eigenvalue weighted by molar-refractivity contribution is 5.69. The van der Waals surface area contributed by atoms with Gasteiger partial charge in [0.05, 0.1) is 6.61 Å². The second-order valence-electron chi connectivity index (χ2n) is 8.83. The molecular weight excluding hydrogens is 338 g/mol. The SMILES string of the molecule is CCOC(=O)N1C2CCC1CC(N1CCC3(CC1)CNc1ccccc13)C2.[HH]. The van der Waals surface area contributed by atoms with Crippen LogP contribution in [0.15, 0.2) is 24.3 Å². The number of nitrogens with one attached hydrogen (secondary N) is 1. The highest BCUT2D eigenvalue weighted by atomic mass is 16.6. The van der Waals surface area contributed by atoms with Crippen LogP contribution >= 0.6 is 0 Å². The minimum atomic E-state index is -0.0883. The zero-order valence-corrected chi connectivity index (χ0v) is 16.3. The topological polar surface area (TPSA) is 44.8 Å². The molecule has 4 aliphatic heterocycles. The van der Waals surface area contributed by atoms with Gasteiger partial charge in [-0.05, 0) is 70.2 Å². The number of para-hydroxylation sites is 1. The lowest BCUT2D eigenvalue weighted by molar-refractivity contribution is 0.0285.